The minimum atomic E-state index is -4.42. The van der Waals surface area contributed by atoms with Crippen LogP contribution in [0.2, 0.25) is 0 Å². The van der Waals surface area contributed by atoms with E-state index in [1.165, 1.54) is 0 Å². The van der Waals surface area contributed by atoms with Gasteiger partial charge in [-0.2, -0.15) is 4.57 Å². The number of phosphoric ester groups is 1. The number of benzene rings is 6. The van der Waals surface area contributed by atoms with E-state index >= 15 is 0 Å². The van der Waals surface area contributed by atoms with Crippen LogP contribution in [0.1, 0.15) is 40.0 Å². The molecule has 3 aliphatic heterocycles. The summed E-state index contributed by atoms with van der Waals surface area (Å²) in [6.07, 6.45) is 0.293. The predicted octanol–water partition coefficient (Wildman–Crippen LogP) is 9.84. The van der Waals surface area contributed by atoms with Gasteiger partial charge in [0.1, 0.15) is 51.7 Å². The summed E-state index contributed by atoms with van der Waals surface area (Å²) in [7, 11) is -4.42. The first kappa shape index (κ1) is 41.0. The number of hydrogen-bond donors (Lipinski definition) is 3. The highest BCUT2D eigenvalue weighted by atomic mass is 31.2. The summed E-state index contributed by atoms with van der Waals surface area (Å²) in [6.45, 7) is 5.95. The number of hydrogen-bond acceptors (Lipinski definition) is 13. The van der Waals surface area contributed by atoms with Gasteiger partial charge >= 0.3 is 7.82 Å². The summed E-state index contributed by atoms with van der Waals surface area (Å²) in [4.78, 5) is 0. The van der Waals surface area contributed by atoms with Gasteiger partial charge in [-0.05, 0) is 109 Å². The van der Waals surface area contributed by atoms with Gasteiger partial charge in [0.25, 0.3) is 18.9 Å². The van der Waals surface area contributed by atoms with E-state index in [1.807, 2.05) is 112 Å². The summed E-state index contributed by atoms with van der Waals surface area (Å²) in [5.74, 6) is 4.75. The summed E-state index contributed by atoms with van der Waals surface area (Å²) in [5.41, 5.74) is 23.8. The van der Waals surface area contributed by atoms with Crippen LogP contribution in [0, 0.1) is 0 Å². The molecular formula is C48H48N3O10P. The Labute approximate surface area is 360 Å². The van der Waals surface area contributed by atoms with Crippen LogP contribution >= 0.6 is 7.82 Å². The summed E-state index contributed by atoms with van der Waals surface area (Å²) >= 11 is 0. The topological polar surface area (TPSA) is 178 Å². The molecule has 3 heterocycles. The molecule has 0 radical (unpaired) electrons. The smallest absolute Gasteiger partial charge is 0.453 e. The number of rotatable bonds is 15. The van der Waals surface area contributed by atoms with Crippen molar-refractivity contribution in [2.24, 2.45) is 17.2 Å². The highest BCUT2D eigenvalue weighted by Gasteiger charge is 2.34. The zero-order valence-corrected chi connectivity index (χ0v) is 35.4. The third-order valence-corrected chi connectivity index (χ3v) is 12.3. The lowest BCUT2D eigenvalue weighted by atomic mass is 10.0. The zero-order valence-electron chi connectivity index (χ0n) is 34.5. The van der Waals surface area contributed by atoms with Gasteiger partial charge < -0.3 is 59.2 Å². The first-order valence-electron chi connectivity index (χ1n) is 20.8. The highest BCUT2D eigenvalue weighted by Crippen LogP contribution is 2.51. The van der Waals surface area contributed by atoms with Crippen molar-refractivity contribution in [3.05, 3.63) is 127 Å². The second-order valence-electron chi connectivity index (χ2n) is 15.3. The van der Waals surface area contributed by atoms with Gasteiger partial charge in [0.05, 0.1) is 18.1 Å². The van der Waals surface area contributed by atoms with Gasteiger partial charge in [0.15, 0.2) is 0 Å². The van der Waals surface area contributed by atoms with Crippen molar-refractivity contribution in [1.29, 1.82) is 0 Å². The van der Waals surface area contributed by atoms with Crippen LogP contribution in [0.25, 0.3) is 33.4 Å². The third-order valence-electron chi connectivity index (χ3n) is 11.0. The standard InChI is InChI=1S/C48H48N3O10P/c1-4-40(49)46-53-34-19-22-37(43(25-34)56-46)28-7-13-31(14-8-28)59-62(52,60-32-15-9-29(10-16-32)38-23-20-35-26-44(38)57-47(54-35)41(50)5-2)61-33-17-11-30(12-18-33)39-24-21-36-27-45(39)58-48(55-36)42(51)6-3/h7-27,40-42,46-48H,4-6,49-51H2,1-3H3. The van der Waals surface area contributed by atoms with Crippen molar-refractivity contribution in [1.82, 2.24) is 0 Å². The van der Waals surface area contributed by atoms with E-state index in [1.54, 1.807) is 36.4 Å². The molecule has 0 amide bonds. The molecule has 0 aliphatic carbocycles. The summed E-state index contributed by atoms with van der Waals surface area (Å²) in [6, 6.07) is 37.3. The third kappa shape index (κ3) is 8.57. The van der Waals surface area contributed by atoms with Gasteiger partial charge in [0, 0.05) is 34.9 Å². The van der Waals surface area contributed by atoms with E-state index in [9.17, 15) is 4.57 Å². The maximum Gasteiger partial charge on any atom is 0.647 e. The number of phosphoric acid groups is 1. The maximum atomic E-state index is 14.8. The van der Waals surface area contributed by atoms with E-state index in [0.29, 0.717) is 53.8 Å². The van der Waals surface area contributed by atoms with Gasteiger partial charge in [-0.1, -0.05) is 57.2 Å². The Morgan fingerprint density at radius 1 is 0.435 bits per heavy atom. The van der Waals surface area contributed by atoms with Crippen LogP contribution in [0.5, 0.6) is 51.7 Å². The molecule has 0 spiro atoms. The summed E-state index contributed by atoms with van der Waals surface area (Å²) < 4.78 is 69.2. The normalized spacial score (nSPS) is 19.3. The Morgan fingerprint density at radius 2 is 0.710 bits per heavy atom. The average molecular weight is 858 g/mol. The molecular weight excluding hydrogens is 810 g/mol. The van der Waals surface area contributed by atoms with Crippen LogP contribution in [0.4, 0.5) is 0 Å². The quantitative estimate of drug-likeness (QED) is 0.0832. The van der Waals surface area contributed by atoms with Crippen molar-refractivity contribution in [3.8, 4) is 85.1 Å². The van der Waals surface area contributed by atoms with Crippen LogP contribution in [-0.4, -0.2) is 37.0 Å². The molecule has 6 atom stereocenters. The minimum absolute atomic E-state index is 0.252. The largest absolute Gasteiger partial charge is 0.647 e. The molecule has 6 unspecified atom stereocenters. The second kappa shape index (κ2) is 17.2. The Morgan fingerprint density at radius 3 is 0.968 bits per heavy atom. The Hall–Kier alpha value is -6.37. The van der Waals surface area contributed by atoms with Crippen molar-refractivity contribution in [2.75, 3.05) is 0 Å². The maximum absolute atomic E-state index is 14.8. The van der Waals surface area contributed by atoms with Gasteiger partial charge in [-0.3, -0.25) is 0 Å². The molecule has 6 aromatic carbocycles. The first-order chi connectivity index (χ1) is 30.1. The minimum Gasteiger partial charge on any atom is -0.453 e. The molecule has 9 rings (SSSR count). The fraction of sp³-hybridized carbons (Fsp3) is 0.250. The number of nitrogens with two attached hydrogens (primary N) is 3. The lowest BCUT2D eigenvalue weighted by Crippen LogP contribution is -2.43. The molecule has 0 saturated heterocycles. The van der Waals surface area contributed by atoms with Gasteiger partial charge in [0.2, 0.25) is 0 Å². The van der Waals surface area contributed by atoms with Crippen LogP contribution in [-0.2, 0) is 4.57 Å². The first-order valence-corrected chi connectivity index (χ1v) is 22.2. The van der Waals surface area contributed by atoms with Crippen molar-refractivity contribution >= 4 is 7.82 Å². The molecule has 6 bridgehead atoms. The Kier molecular flexibility index (Phi) is 11.4. The molecule has 0 fully saturated rings. The average Bonchev–Trinajstić information content (AvgIpc) is 3.29. The van der Waals surface area contributed by atoms with E-state index in [-0.39, 0.29) is 35.4 Å². The zero-order chi connectivity index (χ0) is 43.0. The molecule has 62 heavy (non-hydrogen) atoms. The summed E-state index contributed by atoms with van der Waals surface area (Å²) in [5, 5.41) is 0. The fourth-order valence-electron chi connectivity index (χ4n) is 7.22. The molecule has 13 nitrogen and oxygen atoms in total. The SMILES string of the molecule is CCC(N)C1Oc2ccc(-c3ccc(OP(=O)(Oc4ccc(-c5ccc6cc5OC(C(N)CC)O6)cc4)Oc4ccc(-c5ccc6cc5OC(C(N)CC)O6)cc4)cc3)c(c2)O1. The Bertz CT molecular complexity index is 2310. The molecule has 0 saturated carbocycles. The molecule has 14 heteroatoms. The van der Waals surface area contributed by atoms with Gasteiger partial charge in [-0.15, -0.1) is 0 Å². The van der Waals surface area contributed by atoms with Crippen LogP contribution in [0.15, 0.2) is 127 Å². The number of ether oxygens (including phenoxy) is 6. The molecule has 3 aliphatic rings. The van der Waals surface area contributed by atoms with Crippen molar-refractivity contribution in [3.63, 3.8) is 0 Å². The Balaban J connectivity index is 0.972. The number of fused-ring (bicyclic) bond motifs is 6. The molecule has 6 aromatic rings. The van der Waals surface area contributed by atoms with Crippen LogP contribution in [0.3, 0.4) is 0 Å². The van der Waals surface area contributed by atoms with Crippen LogP contribution < -0.4 is 59.2 Å². The molecule has 6 N–H and O–H groups in total. The van der Waals surface area contributed by atoms with E-state index < -0.39 is 26.7 Å². The monoisotopic (exact) mass is 857 g/mol. The molecule has 0 aromatic heterocycles. The van der Waals surface area contributed by atoms with E-state index in [4.69, 9.17) is 59.2 Å². The second-order valence-corrected chi connectivity index (χ2v) is 16.7. The van der Waals surface area contributed by atoms with E-state index in [2.05, 4.69) is 0 Å². The van der Waals surface area contributed by atoms with E-state index in [0.717, 1.165) is 33.4 Å². The van der Waals surface area contributed by atoms with Crippen molar-refractivity contribution in [2.45, 2.75) is 77.0 Å². The lowest BCUT2D eigenvalue weighted by Gasteiger charge is -2.30. The van der Waals surface area contributed by atoms with Crippen molar-refractivity contribution < 1.29 is 46.6 Å². The highest BCUT2D eigenvalue weighted by molar-refractivity contribution is 7.49. The fourth-order valence-corrected chi connectivity index (χ4v) is 8.47. The predicted molar refractivity (Wildman–Crippen MR) is 235 cm³/mol. The molecule has 320 valence electrons. The van der Waals surface area contributed by atoms with Gasteiger partial charge in [-0.25, -0.2) is 0 Å². The lowest BCUT2D eigenvalue weighted by molar-refractivity contribution is -0.0251.